The van der Waals surface area contributed by atoms with Gasteiger partial charge < -0.3 is 4.74 Å². The van der Waals surface area contributed by atoms with Crippen LogP contribution < -0.4 is 0 Å². The van der Waals surface area contributed by atoms with Crippen molar-refractivity contribution in [3.05, 3.63) is 10.0 Å². The first-order chi connectivity index (χ1) is 5.72. The molecule has 0 atom stereocenters. The molecule has 0 spiro atoms. The Morgan fingerprint density at radius 2 is 2.08 bits per heavy atom. The highest BCUT2D eigenvalue weighted by atomic mass is 35.5. The van der Waals surface area contributed by atoms with Crippen LogP contribution in [0.2, 0.25) is 0 Å². The first-order valence-electron chi connectivity index (χ1n) is 3.71. The van der Waals surface area contributed by atoms with Gasteiger partial charge in [0.05, 0.1) is 12.0 Å². The van der Waals surface area contributed by atoms with Gasteiger partial charge in [0, 0.05) is 0 Å². The summed E-state index contributed by atoms with van der Waals surface area (Å²) in [5.41, 5.74) is 0. The highest BCUT2D eigenvalue weighted by Gasteiger charge is 2.03. The topological polar surface area (TPSA) is 35.0 Å². The molecular weight excluding hydrogens is 196 g/mol. The van der Waals surface area contributed by atoms with Gasteiger partial charge in [-0.05, 0) is 13.8 Å². The summed E-state index contributed by atoms with van der Waals surface area (Å²) in [6.07, 6.45) is 0.230. The number of halogens is 1. The number of ether oxygens (including phenoxy) is 1. The first-order valence-corrected chi connectivity index (χ1v) is 5.06. The first kappa shape index (κ1) is 9.89. The highest BCUT2D eigenvalue weighted by Crippen LogP contribution is 2.13. The maximum Gasteiger partial charge on any atom is 0.143 e. The van der Waals surface area contributed by atoms with E-state index in [0.29, 0.717) is 12.5 Å². The number of hydrogen-bond donors (Lipinski definition) is 0. The second kappa shape index (κ2) is 4.74. The zero-order valence-electron chi connectivity index (χ0n) is 7.08. The molecule has 0 fully saturated rings. The van der Waals surface area contributed by atoms with E-state index in [1.807, 2.05) is 13.8 Å². The summed E-state index contributed by atoms with van der Waals surface area (Å²) in [5.74, 6) is 0.430. The zero-order chi connectivity index (χ0) is 8.97. The fraction of sp³-hybridized carbons (Fsp3) is 0.714. The molecule has 0 unspecified atom stereocenters. The lowest BCUT2D eigenvalue weighted by atomic mass is 10.5. The quantitative estimate of drug-likeness (QED) is 0.709. The average Bonchev–Trinajstić information content (AvgIpc) is 2.48. The van der Waals surface area contributed by atoms with E-state index in [0.717, 1.165) is 10.0 Å². The number of nitrogens with zero attached hydrogens (tertiary/aromatic N) is 2. The van der Waals surface area contributed by atoms with Gasteiger partial charge >= 0.3 is 0 Å². The van der Waals surface area contributed by atoms with Gasteiger partial charge in [0.15, 0.2) is 0 Å². The van der Waals surface area contributed by atoms with Crippen LogP contribution in [0.25, 0.3) is 0 Å². The third-order valence-corrected chi connectivity index (χ3v) is 2.47. The highest BCUT2D eigenvalue weighted by molar-refractivity contribution is 7.11. The third-order valence-electron chi connectivity index (χ3n) is 1.16. The van der Waals surface area contributed by atoms with Gasteiger partial charge in [0.2, 0.25) is 0 Å². The zero-order valence-corrected chi connectivity index (χ0v) is 8.65. The smallest absolute Gasteiger partial charge is 0.143 e. The normalized spacial score (nSPS) is 11.0. The predicted octanol–water partition coefficient (Wildman–Crippen LogP) is 2.20. The molecule has 12 heavy (non-hydrogen) atoms. The van der Waals surface area contributed by atoms with E-state index in [2.05, 4.69) is 10.2 Å². The molecule has 68 valence electrons. The third kappa shape index (κ3) is 3.05. The van der Waals surface area contributed by atoms with Gasteiger partial charge in [-0.25, -0.2) is 0 Å². The molecule has 1 aromatic heterocycles. The molecule has 0 N–H and O–H groups in total. The molecule has 0 aliphatic carbocycles. The lowest BCUT2D eigenvalue weighted by Gasteiger charge is -2.02. The molecule has 1 rings (SSSR count). The van der Waals surface area contributed by atoms with E-state index in [-0.39, 0.29) is 6.10 Å². The lowest BCUT2D eigenvalue weighted by molar-refractivity contribution is 0.0652. The number of rotatable bonds is 4. The van der Waals surface area contributed by atoms with Crippen molar-refractivity contribution < 1.29 is 4.74 Å². The van der Waals surface area contributed by atoms with Crippen LogP contribution in [0.4, 0.5) is 0 Å². The van der Waals surface area contributed by atoms with Crippen molar-refractivity contribution in [1.82, 2.24) is 10.2 Å². The summed E-state index contributed by atoms with van der Waals surface area (Å²) in [6.45, 7) is 4.51. The van der Waals surface area contributed by atoms with E-state index < -0.39 is 0 Å². The Morgan fingerprint density at radius 1 is 1.42 bits per heavy atom. The van der Waals surface area contributed by atoms with Gasteiger partial charge in [-0.1, -0.05) is 11.3 Å². The van der Waals surface area contributed by atoms with Crippen LogP contribution in [0.1, 0.15) is 23.9 Å². The Balaban J connectivity index is 2.41. The van der Waals surface area contributed by atoms with E-state index in [1.54, 1.807) is 0 Å². The van der Waals surface area contributed by atoms with E-state index in [4.69, 9.17) is 16.3 Å². The Labute approximate surface area is 80.7 Å². The molecular formula is C7H11ClN2OS. The molecule has 0 saturated carbocycles. The van der Waals surface area contributed by atoms with Gasteiger partial charge in [-0.2, -0.15) is 0 Å². The van der Waals surface area contributed by atoms with Crippen LogP contribution >= 0.6 is 22.9 Å². The number of hydrogen-bond acceptors (Lipinski definition) is 4. The predicted molar refractivity (Wildman–Crippen MR) is 49.4 cm³/mol. The Morgan fingerprint density at radius 3 is 2.58 bits per heavy atom. The summed E-state index contributed by atoms with van der Waals surface area (Å²) in [7, 11) is 0. The minimum Gasteiger partial charge on any atom is -0.372 e. The molecule has 0 saturated heterocycles. The second-order valence-corrected chi connectivity index (χ2v) is 4.00. The van der Waals surface area contributed by atoms with E-state index in [1.165, 1.54) is 11.3 Å². The molecule has 0 aliphatic heterocycles. The van der Waals surface area contributed by atoms with Crippen molar-refractivity contribution in [2.45, 2.75) is 32.4 Å². The van der Waals surface area contributed by atoms with E-state index in [9.17, 15) is 0 Å². The standard InChI is InChI=1S/C7H11ClN2OS/c1-5(2)11-4-7-10-9-6(3-8)12-7/h5H,3-4H2,1-2H3. The second-order valence-electron chi connectivity index (χ2n) is 2.58. The molecule has 3 nitrogen and oxygen atoms in total. The summed E-state index contributed by atoms with van der Waals surface area (Å²) >= 11 is 7.07. The van der Waals surface area contributed by atoms with Crippen molar-refractivity contribution in [3.8, 4) is 0 Å². The molecule has 5 heteroatoms. The minimum absolute atomic E-state index is 0.230. The fourth-order valence-corrected chi connectivity index (χ4v) is 1.47. The summed E-state index contributed by atoms with van der Waals surface area (Å²) in [5, 5.41) is 9.52. The number of alkyl halides is 1. The molecule has 0 aliphatic rings. The van der Waals surface area contributed by atoms with Crippen molar-refractivity contribution >= 4 is 22.9 Å². The lowest BCUT2D eigenvalue weighted by Crippen LogP contribution is -2.01. The molecule has 1 aromatic rings. The maximum absolute atomic E-state index is 5.57. The van der Waals surface area contributed by atoms with Gasteiger partial charge in [0.25, 0.3) is 0 Å². The monoisotopic (exact) mass is 206 g/mol. The van der Waals surface area contributed by atoms with Crippen molar-refractivity contribution in [2.24, 2.45) is 0 Å². The summed E-state index contributed by atoms with van der Waals surface area (Å²) < 4.78 is 5.35. The van der Waals surface area contributed by atoms with E-state index >= 15 is 0 Å². The van der Waals surface area contributed by atoms with Crippen LogP contribution in [0.3, 0.4) is 0 Å². The summed E-state index contributed by atoms with van der Waals surface area (Å²) in [4.78, 5) is 0. The largest absolute Gasteiger partial charge is 0.372 e. The maximum atomic E-state index is 5.57. The fourth-order valence-electron chi connectivity index (χ4n) is 0.639. The van der Waals surface area contributed by atoms with Gasteiger partial charge in [0.1, 0.15) is 16.6 Å². The van der Waals surface area contributed by atoms with Gasteiger partial charge in [-0.3, -0.25) is 0 Å². The molecule has 0 amide bonds. The molecule has 0 radical (unpaired) electrons. The van der Waals surface area contributed by atoms with Crippen LogP contribution in [0, 0.1) is 0 Å². The van der Waals surface area contributed by atoms with Crippen LogP contribution in [-0.4, -0.2) is 16.3 Å². The van der Waals surface area contributed by atoms with Crippen molar-refractivity contribution in [3.63, 3.8) is 0 Å². The Kier molecular flexibility index (Phi) is 3.91. The van der Waals surface area contributed by atoms with Crippen molar-refractivity contribution in [1.29, 1.82) is 0 Å². The molecule has 1 heterocycles. The summed E-state index contributed by atoms with van der Waals surface area (Å²) in [6, 6.07) is 0. The minimum atomic E-state index is 0.230. The SMILES string of the molecule is CC(C)OCc1nnc(CCl)s1. The van der Waals surface area contributed by atoms with Crippen LogP contribution in [0.5, 0.6) is 0 Å². The van der Waals surface area contributed by atoms with Crippen LogP contribution in [-0.2, 0) is 17.2 Å². The Hall–Kier alpha value is -0.190. The average molecular weight is 207 g/mol. The Bertz CT molecular complexity index is 239. The molecule has 0 bridgehead atoms. The van der Waals surface area contributed by atoms with Crippen LogP contribution in [0.15, 0.2) is 0 Å². The van der Waals surface area contributed by atoms with Gasteiger partial charge in [-0.15, -0.1) is 21.8 Å². The number of aromatic nitrogens is 2. The molecule has 0 aromatic carbocycles. The van der Waals surface area contributed by atoms with Crippen molar-refractivity contribution in [2.75, 3.05) is 0 Å².